The minimum Gasteiger partial charge on any atom is -0.497 e. The van der Waals surface area contributed by atoms with Crippen LogP contribution in [0.4, 0.5) is 5.69 Å². The summed E-state index contributed by atoms with van der Waals surface area (Å²) in [6.45, 7) is 1.69. The van der Waals surface area contributed by atoms with Crippen molar-refractivity contribution in [1.29, 1.82) is 0 Å². The monoisotopic (exact) mass is 464 g/mol. The fourth-order valence-corrected chi connectivity index (χ4v) is 4.58. The third-order valence-electron chi connectivity index (χ3n) is 6.28. The Hall–Kier alpha value is -4.09. The van der Waals surface area contributed by atoms with Crippen LogP contribution in [0.3, 0.4) is 0 Å². The van der Waals surface area contributed by atoms with Gasteiger partial charge in [-0.15, -0.1) is 0 Å². The number of rotatable bonds is 6. The van der Waals surface area contributed by atoms with Crippen molar-refractivity contribution in [3.63, 3.8) is 0 Å². The Morgan fingerprint density at radius 2 is 1.66 bits per heavy atom. The zero-order valence-electron chi connectivity index (χ0n) is 19.7. The smallest absolute Gasteiger partial charge is 0.246 e. The van der Waals surface area contributed by atoms with Crippen molar-refractivity contribution in [3.05, 3.63) is 114 Å². The average Bonchev–Trinajstić information content (AvgIpc) is 3.08. The lowest BCUT2D eigenvalue weighted by Crippen LogP contribution is -2.37. The van der Waals surface area contributed by atoms with Crippen molar-refractivity contribution >= 4 is 11.6 Å². The lowest BCUT2D eigenvalue weighted by Gasteiger charge is -2.30. The Labute approximate surface area is 205 Å². The van der Waals surface area contributed by atoms with E-state index in [1.807, 2.05) is 72.8 Å². The lowest BCUT2D eigenvalue weighted by molar-refractivity contribution is -0.121. The SMILES string of the molecule is COc1ccc2c(c1)C(C(=O)Nc1ccccc1)N(Cc1ccccc1-c1ccccc1)CCO2. The number of carbonyl (C=O) groups excluding carboxylic acids is 1. The van der Waals surface area contributed by atoms with E-state index in [1.165, 1.54) is 0 Å². The number of para-hydroxylation sites is 1. The molecule has 0 aromatic heterocycles. The standard InChI is InChI=1S/C30H28N2O3/c1-34-25-16-17-28-27(20-25)29(30(33)31-24-13-6-3-7-14-24)32(18-19-35-28)21-23-12-8-9-15-26(23)22-10-4-2-5-11-22/h2-17,20,29H,18-19,21H2,1H3,(H,31,33). The van der Waals surface area contributed by atoms with Crippen LogP contribution in [-0.4, -0.2) is 31.1 Å². The first-order chi connectivity index (χ1) is 17.2. The highest BCUT2D eigenvalue weighted by atomic mass is 16.5. The molecule has 5 rings (SSSR count). The molecule has 4 aromatic carbocycles. The highest BCUT2D eigenvalue weighted by Gasteiger charge is 2.33. The maximum atomic E-state index is 13.8. The van der Waals surface area contributed by atoms with Crippen LogP contribution in [0.2, 0.25) is 0 Å². The molecular formula is C30H28N2O3. The molecule has 0 radical (unpaired) electrons. The van der Waals surface area contributed by atoms with Gasteiger partial charge < -0.3 is 14.8 Å². The van der Waals surface area contributed by atoms with E-state index < -0.39 is 6.04 Å². The number of anilines is 1. The van der Waals surface area contributed by atoms with Crippen molar-refractivity contribution in [2.75, 3.05) is 25.6 Å². The van der Waals surface area contributed by atoms with Gasteiger partial charge in [0.05, 0.1) is 7.11 Å². The summed E-state index contributed by atoms with van der Waals surface area (Å²) >= 11 is 0. The van der Waals surface area contributed by atoms with E-state index in [9.17, 15) is 4.79 Å². The molecule has 176 valence electrons. The molecule has 1 N–H and O–H groups in total. The number of ether oxygens (including phenoxy) is 2. The molecule has 1 atom stereocenters. The molecule has 35 heavy (non-hydrogen) atoms. The number of carbonyl (C=O) groups is 1. The number of benzene rings is 4. The van der Waals surface area contributed by atoms with Gasteiger partial charge in [-0.05, 0) is 47.0 Å². The maximum Gasteiger partial charge on any atom is 0.246 e. The Balaban J connectivity index is 1.54. The molecule has 0 spiro atoms. The minimum absolute atomic E-state index is 0.103. The van der Waals surface area contributed by atoms with Gasteiger partial charge in [-0.1, -0.05) is 72.8 Å². The Morgan fingerprint density at radius 3 is 2.43 bits per heavy atom. The number of nitrogens with one attached hydrogen (secondary N) is 1. The van der Waals surface area contributed by atoms with E-state index in [4.69, 9.17) is 9.47 Å². The normalized spacial score (nSPS) is 15.4. The highest BCUT2D eigenvalue weighted by Crippen LogP contribution is 2.37. The number of amides is 1. The second-order valence-corrected chi connectivity index (χ2v) is 8.50. The van der Waals surface area contributed by atoms with Crippen molar-refractivity contribution in [3.8, 4) is 22.6 Å². The number of fused-ring (bicyclic) bond motifs is 1. The summed E-state index contributed by atoms with van der Waals surface area (Å²) in [5.41, 5.74) is 5.03. The van der Waals surface area contributed by atoms with Gasteiger partial charge in [-0.25, -0.2) is 0 Å². The van der Waals surface area contributed by atoms with E-state index in [2.05, 4.69) is 40.5 Å². The Kier molecular flexibility index (Phi) is 6.77. The fourth-order valence-electron chi connectivity index (χ4n) is 4.58. The van der Waals surface area contributed by atoms with Gasteiger partial charge in [0.1, 0.15) is 24.1 Å². The topological polar surface area (TPSA) is 50.8 Å². The summed E-state index contributed by atoms with van der Waals surface area (Å²) in [7, 11) is 1.63. The maximum absolute atomic E-state index is 13.8. The van der Waals surface area contributed by atoms with Crippen LogP contribution in [0.5, 0.6) is 11.5 Å². The van der Waals surface area contributed by atoms with Crippen LogP contribution in [0.1, 0.15) is 17.2 Å². The molecule has 0 aliphatic carbocycles. The second-order valence-electron chi connectivity index (χ2n) is 8.50. The fraction of sp³-hybridized carbons (Fsp3) is 0.167. The molecule has 1 unspecified atom stereocenters. The Morgan fingerprint density at radius 1 is 0.943 bits per heavy atom. The Bertz CT molecular complexity index is 1290. The van der Waals surface area contributed by atoms with E-state index in [-0.39, 0.29) is 5.91 Å². The largest absolute Gasteiger partial charge is 0.497 e. The van der Waals surface area contributed by atoms with Crippen LogP contribution in [0.25, 0.3) is 11.1 Å². The zero-order valence-corrected chi connectivity index (χ0v) is 19.7. The molecule has 1 amide bonds. The van der Waals surface area contributed by atoms with Crippen LogP contribution >= 0.6 is 0 Å². The zero-order chi connectivity index (χ0) is 24.0. The molecule has 0 bridgehead atoms. The van der Waals surface area contributed by atoms with Crippen LogP contribution in [0.15, 0.2) is 103 Å². The molecule has 0 fully saturated rings. The summed E-state index contributed by atoms with van der Waals surface area (Å²) in [5, 5.41) is 3.10. The molecule has 1 aliphatic rings. The van der Waals surface area contributed by atoms with Gasteiger partial charge in [-0.2, -0.15) is 0 Å². The third-order valence-corrected chi connectivity index (χ3v) is 6.28. The van der Waals surface area contributed by atoms with E-state index in [0.717, 1.165) is 27.9 Å². The van der Waals surface area contributed by atoms with Crippen molar-refractivity contribution < 1.29 is 14.3 Å². The highest BCUT2D eigenvalue weighted by molar-refractivity contribution is 5.96. The predicted octanol–water partition coefficient (Wildman–Crippen LogP) is 5.94. The van der Waals surface area contributed by atoms with Crippen LogP contribution in [0, 0.1) is 0 Å². The van der Waals surface area contributed by atoms with Gasteiger partial charge in [-0.3, -0.25) is 9.69 Å². The molecule has 5 heteroatoms. The minimum atomic E-state index is -0.549. The first-order valence-electron chi connectivity index (χ1n) is 11.8. The molecule has 1 aliphatic heterocycles. The van der Waals surface area contributed by atoms with Gasteiger partial charge in [0.25, 0.3) is 0 Å². The number of nitrogens with zero attached hydrogens (tertiary/aromatic N) is 1. The van der Waals surface area contributed by atoms with Gasteiger partial charge in [0.2, 0.25) is 5.91 Å². The van der Waals surface area contributed by atoms with Crippen LogP contribution in [-0.2, 0) is 11.3 Å². The van der Waals surface area contributed by atoms with Crippen molar-refractivity contribution in [2.24, 2.45) is 0 Å². The molecular weight excluding hydrogens is 436 g/mol. The summed E-state index contributed by atoms with van der Waals surface area (Å²) in [5.74, 6) is 1.29. The number of hydrogen-bond acceptors (Lipinski definition) is 4. The third kappa shape index (κ3) is 5.05. The van der Waals surface area contributed by atoms with Crippen LogP contribution < -0.4 is 14.8 Å². The van der Waals surface area contributed by atoms with Crippen molar-refractivity contribution in [1.82, 2.24) is 4.90 Å². The second kappa shape index (κ2) is 10.5. The van der Waals surface area contributed by atoms with E-state index in [0.29, 0.717) is 31.2 Å². The molecule has 4 aromatic rings. The summed E-state index contributed by atoms with van der Waals surface area (Å²) < 4.78 is 11.6. The molecule has 0 saturated heterocycles. The molecule has 5 nitrogen and oxygen atoms in total. The van der Waals surface area contributed by atoms with Gasteiger partial charge >= 0.3 is 0 Å². The summed E-state index contributed by atoms with van der Waals surface area (Å²) in [6.07, 6.45) is 0. The average molecular weight is 465 g/mol. The van der Waals surface area contributed by atoms with E-state index in [1.54, 1.807) is 7.11 Å². The number of methoxy groups -OCH3 is 1. The predicted molar refractivity (Wildman–Crippen MR) is 139 cm³/mol. The quantitative estimate of drug-likeness (QED) is 0.384. The summed E-state index contributed by atoms with van der Waals surface area (Å²) in [6, 6.07) is 33.4. The van der Waals surface area contributed by atoms with E-state index >= 15 is 0 Å². The molecule has 1 heterocycles. The summed E-state index contributed by atoms with van der Waals surface area (Å²) in [4.78, 5) is 16.0. The number of hydrogen-bond donors (Lipinski definition) is 1. The first-order valence-corrected chi connectivity index (χ1v) is 11.8. The first kappa shape index (κ1) is 22.7. The lowest BCUT2D eigenvalue weighted by atomic mass is 9.97. The van der Waals surface area contributed by atoms with Gasteiger partial charge in [0.15, 0.2) is 0 Å². The van der Waals surface area contributed by atoms with Gasteiger partial charge in [0, 0.05) is 24.3 Å². The molecule has 0 saturated carbocycles. The van der Waals surface area contributed by atoms with Crippen molar-refractivity contribution in [2.45, 2.75) is 12.6 Å².